The van der Waals surface area contributed by atoms with Gasteiger partial charge in [0.1, 0.15) is 5.52 Å². The number of carbonyl (C=O) groups excluding carboxylic acids is 2. The molecule has 3 rings (SSSR count). The minimum Gasteiger partial charge on any atom is -0.452 e. The molecule has 1 aliphatic rings. The van der Waals surface area contributed by atoms with E-state index < -0.39 is 12.1 Å². The molecule has 0 spiro atoms. The number of nitrogens with one attached hydrogen (secondary N) is 1. The molecule has 0 saturated heterocycles. The summed E-state index contributed by atoms with van der Waals surface area (Å²) in [6, 6.07) is 7.06. The van der Waals surface area contributed by atoms with Crippen LogP contribution in [0.15, 0.2) is 29.1 Å². The van der Waals surface area contributed by atoms with E-state index in [0.29, 0.717) is 10.9 Å². The van der Waals surface area contributed by atoms with E-state index in [1.807, 2.05) is 0 Å². The van der Waals surface area contributed by atoms with Crippen molar-refractivity contribution in [2.24, 2.45) is 0 Å². The molecule has 1 fully saturated rings. The number of carbonyl (C=O) groups is 2. The van der Waals surface area contributed by atoms with E-state index >= 15 is 0 Å². The van der Waals surface area contributed by atoms with E-state index in [9.17, 15) is 14.4 Å². The van der Waals surface area contributed by atoms with Crippen LogP contribution in [-0.2, 0) is 20.9 Å². The summed E-state index contributed by atoms with van der Waals surface area (Å²) in [6.45, 7) is 1.59. The molecule has 1 saturated carbocycles. The van der Waals surface area contributed by atoms with Crippen LogP contribution in [-0.4, -0.2) is 39.0 Å². The summed E-state index contributed by atoms with van der Waals surface area (Å²) in [6.07, 6.45) is 3.24. The lowest BCUT2D eigenvalue weighted by molar-refractivity contribution is -0.155. The molecule has 2 aromatic rings. The molecule has 1 atom stereocenters. The van der Waals surface area contributed by atoms with Crippen LogP contribution in [0.5, 0.6) is 0 Å². The first-order valence-electron chi connectivity index (χ1n) is 8.87. The second-order valence-corrected chi connectivity index (χ2v) is 6.51. The van der Waals surface area contributed by atoms with E-state index in [1.165, 1.54) is 0 Å². The Bertz CT molecular complexity index is 858. The van der Waals surface area contributed by atoms with Crippen LogP contribution < -0.4 is 10.9 Å². The van der Waals surface area contributed by atoms with E-state index in [2.05, 4.69) is 15.6 Å². The highest BCUT2D eigenvalue weighted by molar-refractivity contribution is 5.83. The van der Waals surface area contributed by atoms with Crippen molar-refractivity contribution in [1.82, 2.24) is 20.3 Å². The molecule has 138 valence electrons. The molecule has 8 heteroatoms. The van der Waals surface area contributed by atoms with Gasteiger partial charge in [-0.25, -0.2) is 4.68 Å². The number of hydrogen-bond donors (Lipinski definition) is 1. The first kappa shape index (κ1) is 18.0. The number of esters is 1. The van der Waals surface area contributed by atoms with Gasteiger partial charge in [-0.15, -0.1) is 5.10 Å². The largest absolute Gasteiger partial charge is 0.452 e. The van der Waals surface area contributed by atoms with E-state index in [1.54, 1.807) is 31.2 Å². The Balaban J connectivity index is 1.53. The maximum Gasteiger partial charge on any atom is 0.308 e. The molecule has 1 aromatic heterocycles. The molecule has 0 bridgehead atoms. The van der Waals surface area contributed by atoms with Gasteiger partial charge in [-0.3, -0.25) is 14.4 Å². The molecule has 1 aliphatic carbocycles. The number of aryl methyl sites for hydroxylation is 1. The Labute approximate surface area is 150 Å². The van der Waals surface area contributed by atoms with Gasteiger partial charge in [-0.05, 0) is 31.9 Å². The average molecular weight is 358 g/mol. The van der Waals surface area contributed by atoms with Crippen molar-refractivity contribution in [2.75, 3.05) is 0 Å². The number of nitrogens with zero attached hydrogens (tertiary/aromatic N) is 3. The number of ether oxygens (including phenoxy) is 1. The molecule has 1 amide bonds. The first-order valence-corrected chi connectivity index (χ1v) is 8.87. The van der Waals surface area contributed by atoms with Crippen LogP contribution in [0.4, 0.5) is 0 Å². The monoisotopic (exact) mass is 358 g/mol. The fourth-order valence-corrected chi connectivity index (χ4v) is 3.07. The van der Waals surface area contributed by atoms with Gasteiger partial charge in [0, 0.05) is 6.04 Å². The molecule has 1 heterocycles. The van der Waals surface area contributed by atoms with Crippen LogP contribution in [0, 0.1) is 0 Å². The molecule has 1 aromatic carbocycles. The highest BCUT2D eigenvalue weighted by Gasteiger charge is 2.23. The minimum atomic E-state index is -0.859. The summed E-state index contributed by atoms with van der Waals surface area (Å²) in [7, 11) is 0. The molecule has 0 radical (unpaired) electrons. The fourth-order valence-electron chi connectivity index (χ4n) is 3.07. The van der Waals surface area contributed by atoms with Gasteiger partial charge in [-0.1, -0.05) is 30.2 Å². The van der Waals surface area contributed by atoms with Crippen molar-refractivity contribution >= 4 is 22.8 Å². The van der Waals surface area contributed by atoms with Crippen molar-refractivity contribution in [1.29, 1.82) is 0 Å². The van der Waals surface area contributed by atoms with Gasteiger partial charge in [0.15, 0.2) is 6.10 Å². The van der Waals surface area contributed by atoms with E-state index in [0.717, 1.165) is 30.4 Å². The second kappa shape index (κ2) is 8.07. The Kier molecular flexibility index (Phi) is 5.60. The number of aromatic nitrogens is 3. The molecule has 0 aliphatic heterocycles. The van der Waals surface area contributed by atoms with Crippen LogP contribution in [0.2, 0.25) is 0 Å². The van der Waals surface area contributed by atoms with E-state index in [-0.39, 0.29) is 30.5 Å². The molecular formula is C18H22N4O4. The lowest BCUT2D eigenvalue weighted by Crippen LogP contribution is -2.41. The Morgan fingerprint density at radius 3 is 2.81 bits per heavy atom. The second-order valence-electron chi connectivity index (χ2n) is 6.51. The van der Waals surface area contributed by atoms with Crippen molar-refractivity contribution in [2.45, 2.75) is 57.7 Å². The minimum absolute atomic E-state index is 0.0481. The smallest absolute Gasteiger partial charge is 0.308 e. The molecule has 0 unspecified atom stereocenters. The summed E-state index contributed by atoms with van der Waals surface area (Å²) in [5.74, 6) is -0.839. The number of hydrogen-bond acceptors (Lipinski definition) is 6. The molecular weight excluding hydrogens is 336 g/mol. The van der Waals surface area contributed by atoms with Gasteiger partial charge in [0.05, 0.1) is 18.4 Å². The van der Waals surface area contributed by atoms with Gasteiger partial charge in [0.25, 0.3) is 11.5 Å². The van der Waals surface area contributed by atoms with Crippen molar-refractivity contribution in [3.63, 3.8) is 0 Å². The quantitative estimate of drug-likeness (QED) is 0.778. The van der Waals surface area contributed by atoms with Crippen molar-refractivity contribution < 1.29 is 14.3 Å². The van der Waals surface area contributed by atoms with E-state index in [4.69, 9.17) is 4.74 Å². The number of rotatable bonds is 6. The Morgan fingerprint density at radius 2 is 2.04 bits per heavy atom. The van der Waals surface area contributed by atoms with Gasteiger partial charge in [-0.2, -0.15) is 0 Å². The lowest BCUT2D eigenvalue weighted by Gasteiger charge is -2.17. The van der Waals surface area contributed by atoms with Crippen LogP contribution in [0.3, 0.4) is 0 Å². The SMILES string of the molecule is C[C@@H](OC(=O)CCn1nnc2ccccc2c1=O)C(=O)NC1CCCC1. The van der Waals surface area contributed by atoms with Crippen LogP contribution >= 0.6 is 0 Å². The topological polar surface area (TPSA) is 103 Å². The molecule has 26 heavy (non-hydrogen) atoms. The lowest BCUT2D eigenvalue weighted by atomic mass is 10.2. The summed E-state index contributed by atoms with van der Waals surface area (Å²) < 4.78 is 6.29. The highest BCUT2D eigenvalue weighted by Crippen LogP contribution is 2.17. The number of amides is 1. The summed E-state index contributed by atoms with van der Waals surface area (Å²) in [5.41, 5.74) is 0.198. The fraction of sp³-hybridized carbons (Fsp3) is 0.500. The predicted molar refractivity (Wildman–Crippen MR) is 94.4 cm³/mol. The number of benzene rings is 1. The highest BCUT2D eigenvalue weighted by atomic mass is 16.5. The van der Waals surface area contributed by atoms with Crippen LogP contribution in [0.25, 0.3) is 10.9 Å². The van der Waals surface area contributed by atoms with Crippen molar-refractivity contribution in [3.05, 3.63) is 34.6 Å². The Morgan fingerprint density at radius 1 is 1.31 bits per heavy atom. The molecule has 8 nitrogen and oxygen atoms in total. The zero-order chi connectivity index (χ0) is 18.5. The third-order valence-corrected chi connectivity index (χ3v) is 4.54. The van der Waals surface area contributed by atoms with Gasteiger partial charge in [0.2, 0.25) is 0 Å². The predicted octanol–water partition coefficient (Wildman–Crippen LogP) is 1.17. The van der Waals surface area contributed by atoms with Crippen LogP contribution in [0.1, 0.15) is 39.0 Å². The van der Waals surface area contributed by atoms with Crippen molar-refractivity contribution in [3.8, 4) is 0 Å². The van der Waals surface area contributed by atoms with Gasteiger partial charge >= 0.3 is 5.97 Å². The zero-order valence-corrected chi connectivity index (χ0v) is 14.7. The standard InChI is InChI=1S/C18H22N4O4/c1-12(17(24)19-13-6-2-3-7-13)26-16(23)10-11-22-18(25)14-8-4-5-9-15(14)20-21-22/h4-5,8-9,12-13H,2-3,6-7,10-11H2,1H3,(H,19,24)/t12-/m1/s1. The summed E-state index contributed by atoms with van der Waals surface area (Å²) in [4.78, 5) is 36.3. The number of fused-ring (bicyclic) bond motifs is 1. The third-order valence-electron chi connectivity index (χ3n) is 4.54. The average Bonchev–Trinajstić information content (AvgIpc) is 3.14. The maximum absolute atomic E-state index is 12.3. The normalized spacial score (nSPS) is 15.7. The zero-order valence-electron chi connectivity index (χ0n) is 14.7. The summed E-state index contributed by atoms with van der Waals surface area (Å²) in [5, 5.41) is 11.1. The molecule has 1 N–H and O–H groups in total. The van der Waals surface area contributed by atoms with Gasteiger partial charge < -0.3 is 10.1 Å². The maximum atomic E-state index is 12.3. The summed E-state index contributed by atoms with van der Waals surface area (Å²) >= 11 is 0. The Hall–Kier alpha value is -2.77. The first-order chi connectivity index (χ1) is 12.5. The third kappa shape index (κ3) is 4.25.